The van der Waals surface area contributed by atoms with Crippen molar-refractivity contribution in [3.05, 3.63) is 48.4 Å². The molecule has 2 heterocycles. The minimum Gasteiger partial charge on any atom is -0.396 e. The van der Waals surface area contributed by atoms with E-state index in [2.05, 4.69) is 15.4 Å². The lowest BCUT2D eigenvalue weighted by atomic mass is 10.2. The fraction of sp³-hybridized carbons (Fsp3) is 0.0714. The molecule has 6 nitrogen and oxygen atoms in total. The highest BCUT2D eigenvalue weighted by molar-refractivity contribution is 6.09. The third kappa shape index (κ3) is 1.97. The number of carbonyl (C=O) groups excluding carboxylic acids is 1. The standard InChI is InChI=1S/C14H13N5O/c1-19-13(10(15)8-17-19)14(20)18-11-6-2-4-9-5-3-7-16-12(9)11/h2-8H,15H2,1H3,(H,18,20). The number of fused-ring (bicyclic) bond motifs is 1. The van der Waals surface area contributed by atoms with Gasteiger partial charge in [0.15, 0.2) is 0 Å². The molecule has 2 aromatic heterocycles. The Kier molecular flexibility index (Phi) is 2.83. The summed E-state index contributed by atoms with van der Waals surface area (Å²) in [4.78, 5) is 16.6. The molecule has 3 aromatic rings. The average molecular weight is 267 g/mol. The van der Waals surface area contributed by atoms with Crippen molar-refractivity contribution in [2.75, 3.05) is 11.1 Å². The number of rotatable bonds is 2. The van der Waals surface area contributed by atoms with Crippen LogP contribution in [0.15, 0.2) is 42.7 Å². The number of hydrogen-bond acceptors (Lipinski definition) is 4. The lowest BCUT2D eigenvalue weighted by Crippen LogP contribution is -2.18. The number of aromatic nitrogens is 3. The van der Waals surface area contributed by atoms with Crippen molar-refractivity contribution in [1.82, 2.24) is 14.8 Å². The highest BCUT2D eigenvalue weighted by Gasteiger charge is 2.16. The first-order chi connectivity index (χ1) is 9.66. The van der Waals surface area contributed by atoms with Crippen LogP contribution in [0.1, 0.15) is 10.5 Å². The van der Waals surface area contributed by atoms with Crippen LogP contribution >= 0.6 is 0 Å². The zero-order valence-electron chi connectivity index (χ0n) is 10.9. The molecular weight excluding hydrogens is 254 g/mol. The van der Waals surface area contributed by atoms with Gasteiger partial charge in [-0.05, 0) is 12.1 Å². The molecule has 0 aliphatic rings. The fourth-order valence-corrected chi connectivity index (χ4v) is 2.12. The van der Waals surface area contributed by atoms with Crippen LogP contribution in [0.4, 0.5) is 11.4 Å². The van der Waals surface area contributed by atoms with E-state index >= 15 is 0 Å². The molecule has 3 rings (SSSR count). The van der Waals surface area contributed by atoms with Crippen molar-refractivity contribution in [3.63, 3.8) is 0 Å². The van der Waals surface area contributed by atoms with Crippen LogP contribution in [0.25, 0.3) is 10.9 Å². The molecule has 0 radical (unpaired) electrons. The third-order valence-corrected chi connectivity index (χ3v) is 3.06. The SMILES string of the molecule is Cn1ncc(N)c1C(=O)Nc1cccc2cccnc12. The van der Waals surface area contributed by atoms with E-state index in [9.17, 15) is 4.79 Å². The molecule has 0 saturated heterocycles. The largest absolute Gasteiger partial charge is 0.396 e. The maximum atomic E-state index is 12.3. The topological polar surface area (TPSA) is 85.8 Å². The first-order valence-electron chi connectivity index (χ1n) is 6.09. The number of nitrogens with zero attached hydrogens (tertiary/aromatic N) is 3. The molecule has 6 heteroatoms. The summed E-state index contributed by atoms with van der Waals surface area (Å²) in [6.07, 6.45) is 3.15. The van der Waals surface area contributed by atoms with Gasteiger partial charge >= 0.3 is 0 Å². The second-order valence-electron chi connectivity index (χ2n) is 4.41. The van der Waals surface area contributed by atoms with Gasteiger partial charge in [-0.1, -0.05) is 18.2 Å². The van der Waals surface area contributed by atoms with Crippen LogP contribution in [-0.4, -0.2) is 20.7 Å². The van der Waals surface area contributed by atoms with Gasteiger partial charge in [0.2, 0.25) is 0 Å². The van der Waals surface area contributed by atoms with Gasteiger partial charge < -0.3 is 11.1 Å². The van der Waals surface area contributed by atoms with Gasteiger partial charge in [-0.15, -0.1) is 0 Å². The van der Waals surface area contributed by atoms with Crippen molar-refractivity contribution < 1.29 is 4.79 Å². The Hall–Kier alpha value is -2.89. The summed E-state index contributed by atoms with van der Waals surface area (Å²) < 4.78 is 1.45. The molecule has 1 aromatic carbocycles. The number of aryl methyl sites for hydroxylation is 1. The number of nitrogens with one attached hydrogen (secondary N) is 1. The molecule has 1 amide bonds. The van der Waals surface area contributed by atoms with E-state index in [0.717, 1.165) is 10.9 Å². The smallest absolute Gasteiger partial charge is 0.276 e. The van der Waals surface area contributed by atoms with Gasteiger partial charge in [-0.25, -0.2) is 0 Å². The fourth-order valence-electron chi connectivity index (χ4n) is 2.12. The lowest BCUT2D eigenvalue weighted by molar-refractivity contribution is 0.101. The first-order valence-corrected chi connectivity index (χ1v) is 6.09. The van der Waals surface area contributed by atoms with E-state index in [0.29, 0.717) is 17.1 Å². The van der Waals surface area contributed by atoms with Crippen LogP contribution < -0.4 is 11.1 Å². The predicted molar refractivity (Wildman–Crippen MR) is 77.3 cm³/mol. The maximum absolute atomic E-state index is 12.3. The number of nitrogen functional groups attached to an aromatic ring is 1. The van der Waals surface area contributed by atoms with Gasteiger partial charge in [0.05, 0.1) is 23.1 Å². The van der Waals surface area contributed by atoms with Crippen molar-refractivity contribution in [2.45, 2.75) is 0 Å². The lowest BCUT2D eigenvalue weighted by Gasteiger charge is -2.08. The van der Waals surface area contributed by atoms with E-state index in [-0.39, 0.29) is 5.91 Å². The van der Waals surface area contributed by atoms with Crippen molar-refractivity contribution in [3.8, 4) is 0 Å². The van der Waals surface area contributed by atoms with Gasteiger partial charge in [-0.3, -0.25) is 14.5 Å². The molecule has 0 unspecified atom stereocenters. The number of carbonyl (C=O) groups is 1. The molecule has 20 heavy (non-hydrogen) atoms. The molecule has 0 aliphatic heterocycles. The van der Waals surface area contributed by atoms with Crippen LogP contribution in [0.5, 0.6) is 0 Å². The van der Waals surface area contributed by atoms with Crippen molar-refractivity contribution >= 4 is 28.2 Å². The van der Waals surface area contributed by atoms with Gasteiger partial charge in [0.1, 0.15) is 5.69 Å². The summed E-state index contributed by atoms with van der Waals surface area (Å²) >= 11 is 0. The Morgan fingerprint density at radius 3 is 2.85 bits per heavy atom. The zero-order chi connectivity index (χ0) is 14.1. The Labute approximate surface area is 115 Å². The molecule has 0 spiro atoms. The third-order valence-electron chi connectivity index (χ3n) is 3.06. The second kappa shape index (κ2) is 4.65. The van der Waals surface area contributed by atoms with Crippen LogP contribution in [-0.2, 0) is 7.05 Å². The van der Waals surface area contributed by atoms with Gasteiger partial charge in [-0.2, -0.15) is 5.10 Å². The Balaban J connectivity index is 2.00. The van der Waals surface area contributed by atoms with E-state index < -0.39 is 0 Å². The van der Waals surface area contributed by atoms with E-state index in [1.165, 1.54) is 10.9 Å². The number of benzene rings is 1. The number of para-hydroxylation sites is 1. The first kappa shape index (κ1) is 12.2. The summed E-state index contributed by atoms with van der Waals surface area (Å²) in [6, 6.07) is 9.41. The minimum absolute atomic E-state index is 0.305. The average Bonchev–Trinajstić information content (AvgIpc) is 2.78. The number of amides is 1. The maximum Gasteiger partial charge on any atom is 0.276 e. The highest BCUT2D eigenvalue weighted by Crippen LogP contribution is 2.22. The van der Waals surface area contributed by atoms with Gasteiger partial charge in [0, 0.05) is 18.6 Å². The Morgan fingerprint density at radius 2 is 2.10 bits per heavy atom. The summed E-state index contributed by atoms with van der Waals surface area (Å²) in [5.41, 5.74) is 7.81. The van der Waals surface area contributed by atoms with Crippen LogP contribution in [0.2, 0.25) is 0 Å². The number of hydrogen-bond donors (Lipinski definition) is 2. The molecule has 0 bridgehead atoms. The van der Waals surface area contributed by atoms with Crippen LogP contribution in [0, 0.1) is 0 Å². The molecule has 100 valence electrons. The molecule has 0 aliphatic carbocycles. The summed E-state index contributed by atoms with van der Waals surface area (Å²) in [5, 5.41) is 7.74. The van der Waals surface area contributed by atoms with Gasteiger partial charge in [0.25, 0.3) is 5.91 Å². The molecular formula is C14H13N5O. The minimum atomic E-state index is -0.305. The zero-order valence-corrected chi connectivity index (χ0v) is 10.9. The van der Waals surface area contributed by atoms with E-state index in [1.54, 1.807) is 19.3 Å². The molecule has 3 N–H and O–H groups in total. The number of anilines is 2. The normalized spacial score (nSPS) is 10.7. The summed E-state index contributed by atoms with van der Waals surface area (Å²) in [6.45, 7) is 0. The Bertz CT molecular complexity index is 768. The second-order valence-corrected chi connectivity index (χ2v) is 4.41. The number of pyridine rings is 1. The van der Waals surface area contributed by atoms with Crippen molar-refractivity contribution in [1.29, 1.82) is 0 Å². The summed E-state index contributed by atoms with van der Waals surface area (Å²) in [7, 11) is 1.67. The van der Waals surface area contributed by atoms with E-state index in [4.69, 9.17) is 5.73 Å². The summed E-state index contributed by atoms with van der Waals surface area (Å²) in [5.74, 6) is -0.305. The monoisotopic (exact) mass is 267 g/mol. The quantitative estimate of drug-likeness (QED) is 0.741. The number of nitrogens with two attached hydrogens (primary N) is 1. The molecule has 0 fully saturated rings. The highest BCUT2D eigenvalue weighted by atomic mass is 16.2. The van der Waals surface area contributed by atoms with E-state index in [1.807, 2.05) is 24.3 Å². The Morgan fingerprint density at radius 1 is 1.30 bits per heavy atom. The van der Waals surface area contributed by atoms with Crippen molar-refractivity contribution in [2.24, 2.45) is 7.05 Å². The predicted octanol–water partition coefficient (Wildman–Crippen LogP) is 1.80. The molecule has 0 atom stereocenters. The van der Waals surface area contributed by atoms with Crippen LogP contribution in [0.3, 0.4) is 0 Å². The molecule has 0 saturated carbocycles.